The Morgan fingerprint density at radius 2 is 1.08 bits per heavy atom. The molecule has 0 N–H and O–H groups in total. The molecule has 1 aliphatic carbocycles. The van der Waals surface area contributed by atoms with Crippen LogP contribution in [0.3, 0.4) is 0 Å². The van der Waals surface area contributed by atoms with Gasteiger partial charge < -0.3 is 14.5 Å². The van der Waals surface area contributed by atoms with Crippen molar-refractivity contribution in [3.63, 3.8) is 0 Å². The molecule has 0 bridgehead atoms. The van der Waals surface area contributed by atoms with E-state index in [1.807, 2.05) is 0 Å². The van der Waals surface area contributed by atoms with Crippen LogP contribution < -0.4 is 14.5 Å². The van der Waals surface area contributed by atoms with E-state index in [0.29, 0.717) is 0 Å². The van der Waals surface area contributed by atoms with Gasteiger partial charge in [-0.25, -0.2) is 0 Å². The maximum atomic E-state index is 7.08. The fraction of sp³-hybridized carbons (Fsp3) is 0.125. The van der Waals surface area contributed by atoms with Crippen molar-refractivity contribution in [1.29, 1.82) is 0 Å². The third kappa shape index (κ3) is 4.24. The van der Waals surface area contributed by atoms with Crippen LogP contribution in [-0.2, 0) is 10.8 Å². The second-order valence-electron chi connectivity index (χ2n) is 15.0. The topological polar surface area (TPSA) is 15.7 Å². The molecule has 0 saturated carbocycles. The van der Waals surface area contributed by atoms with Gasteiger partial charge in [0.15, 0.2) is 11.5 Å². The summed E-state index contributed by atoms with van der Waals surface area (Å²) in [6.07, 6.45) is 0. The van der Waals surface area contributed by atoms with Gasteiger partial charge in [-0.3, -0.25) is 0 Å². The van der Waals surface area contributed by atoms with Crippen LogP contribution in [0.1, 0.15) is 49.9 Å². The van der Waals surface area contributed by atoms with Crippen LogP contribution in [0.4, 0.5) is 34.1 Å². The summed E-state index contributed by atoms with van der Waals surface area (Å²) in [6, 6.07) is 57.2. The highest BCUT2D eigenvalue weighted by Gasteiger charge is 2.43. The minimum atomic E-state index is -0.225. The number of anilines is 6. The summed E-state index contributed by atoms with van der Waals surface area (Å²) in [6.45, 7) is 9.36. The molecule has 0 spiro atoms. The van der Waals surface area contributed by atoms with Crippen LogP contribution in [0.15, 0.2) is 158 Å². The van der Waals surface area contributed by atoms with Crippen molar-refractivity contribution >= 4 is 34.1 Å². The van der Waals surface area contributed by atoms with Crippen LogP contribution in [0.25, 0.3) is 22.3 Å². The first-order valence-corrected chi connectivity index (χ1v) is 17.9. The summed E-state index contributed by atoms with van der Waals surface area (Å²) < 4.78 is 7.08. The largest absolute Gasteiger partial charge is 0.451 e. The van der Waals surface area contributed by atoms with Gasteiger partial charge in [0, 0.05) is 22.2 Å². The first-order valence-electron chi connectivity index (χ1n) is 17.9. The van der Waals surface area contributed by atoms with Gasteiger partial charge in [-0.05, 0) is 93.0 Å². The number of ether oxygens (including phenoxy) is 1. The molecule has 3 aliphatic rings. The first-order chi connectivity index (χ1) is 24.8. The van der Waals surface area contributed by atoms with E-state index < -0.39 is 0 Å². The molecule has 0 fully saturated rings. The second-order valence-corrected chi connectivity index (χ2v) is 15.0. The Morgan fingerprint density at radius 1 is 0.471 bits per heavy atom. The lowest BCUT2D eigenvalue weighted by molar-refractivity contribution is 0.472. The third-order valence-electron chi connectivity index (χ3n) is 11.4. The van der Waals surface area contributed by atoms with Gasteiger partial charge in [-0.2, -0.15) is 0 Å². The molecular formula is C48H38N2O. The molecule has 2 aliphatic heterocycles. The number of rotatable bonds is 4. The van der Waals surface area contributed by atoms with Gasteiger partial charge in [-0.15, -0.1) is 0 Å². The summed E-state index contributed by atoms with van der Waals surface area (Å²) in [4.78, 5) is 4.82. The molecule has 3 nitrogen and oxygen atoms in total. The molecular weight excluding hydrogens is 621 g/mol. The number of benzene rings is 7. The van der Waals surface area contributed by atoms with Crippen LogP contribution in [0.2, 0.25) is 0 Å². The van der Waals surface area contributed by atoms with Gasteiger partial charge in [0.05, 0.1) is 22.7 Å². The van der Waals surface area contributed by atoms with Crippen LogP contribution >= 0.6 is 0 Å². The van der Waals surface area contributed by atoms with E-state index in [-0.39, 0.29) is 10.8 Å². The monoisotopic (exact) mass is 658 g/mol. The quantitative estimate of drug-likeness (QED) is 0.187. The van der Waals surface area contributed by atoms with E-state index in [9.17, 15) is 0 Å². The lowest BCUT2D eigenvalue weighted by atomic mass is 9.73. The highest BCUT2D eigenvalue weighted by molar-refractivity contribution is 5.98. The number of nitrogens with zero attached hydrogens (tertiary/aromatic N) is 2. The van der Waals surface area contributed by atoms with Gasteiger partial charge in [-0.1, -0.05) is 137 Å². The smallest absolute Gasteiger partial charge is 0.175 e. The molecule has 246 valence electrons. The van der Waals surface area contributed by atoms with E-state index in [1.54, 1.807) is 0 Å². The normalized spacial score (nSPS) is 15.1. The SMILES string of the molecule is CC1(C)c2ccccc2-c2ccc(N(c3ccc(-c4ccccc4)cc3)c3ccc4c5c3Oc3ccccc3N5c3ccccc3C4(C)C)cc21. The molecule has 51 heavy (non-hydrogen) atoms. The van der Waals surface area contributed by atoms with E-state index in [1.165, 1.54) is 50.2 Å². The summed E-state index contributed by atoms with van der Waals surface area (Å²) >= 11 is 0. The lowest BCUT2D eigenvalue weighted by Gasteiger charge is -2.45. The number of hydrogen-bond acceptors (Lipinski definition) is 3. The van der Waals surface area contributed by atoms with Crippen molar-refractivity contribution in [3.8, 4) is 33.8 Å². The van der Waals surface area contributed by atoms with Crippen LogP contribution in [-0.4, -0.2) is 0 Å². The van der Waals surface area contributed by atoms with Crippen molar-refractivity contribution in [2.45, 2.75) is 38.5 Å². The fourth-order valence-corrected chi connectivity index (χ4v) is 8.81. The molecule has 0 aromatic heterocycles. The molecule has 0 atom stereocenters. The van der Waals surface area contributed by atoms with Crippen LogP contribution in [0, 0.1) is 0 Å². The Hall–Kier alpha value is -6.06. The van der Waals surface area contributed by atoms with Crippen molar-refractivity contribution in [1.82, 2.24) is 0 Å². The molecule has 10 rings (SSSR count). The molecule has 0 saturated heterocycles. The van der Waals surface area contributed by atoms with E-state index >= 15 is 0 Å². The molecule has 0 radical (unpaired) electrons. The van der Waals surface area contributed by atoms with Crippen molar-refractivity contribution in [2.75, 3.05) is 9.80 Å². The standard InChI is InChI=1S/C48H38N2O/c1-47(2)37-17-9-8-16-35(37)36-27-26-34(30-40(36)47)49(33-24-22-32(23-25-33)31-14-6-5-7-15-31)43-29-28-39-45-46(43)51-44-21-13-12-20-42(44)50(45)41-19-11-10-18-38(41)48(39,3)4/h5-30H,1-4H3. The molecule has 0 unspecified atom stereocenters. The summed E-state index contributed by atoms with van der Waals surface area (Å²) in [5.74, 6) is 1.71. The highest BCUT2D eigenvalue weighted by Crippen LogP contribution is 2.63. The maximum Gasteiger partial charge on any atom is 0.175 e. The first kappa shape index (κ1) is 29.8. The Morgan fingerprint density at radius 3 is 1.88 bits per heavy atom. The van der Waals surface area contributed by atoms with Gasteiger partial charge in [0.1, 0.15) is 0 Å². The Bertz CT molecular complexity index is 2510. The Labute approximate surface area is 300 Å². The summed E-state index contributed by atoms with van der Waals surface area (Å²) in [7, 11) is 0. The number of para-hydroxylation sites is 3. The van der Waals surface area contributed by atoms with E-state index in [2.05, 4.69) is 195 Å². The predicted octanol–water partition coefficient (Wildman–Crippen LogP) is 13.3. The van der Waals surface area contributed by atoms with E-state index in [0.717, 1.165) is 39.9 Å². The van der Waals surface area contributed by atoms with Crippen molar-refractivity contribution < 1.29 is 4.74 Å². The van der Waals surface area contributed by atoms with Crippen molar-refractivity contribution in [2.24, 2.45) is 0 Å². The average molecular weight is 659 g/mol. The van der Waals surface area contributed by atoms with Gasteiger partial charge >= 0.3 is 0 Å². The average Bonchev–Trinajstić information content (AvgIpc) is 3.40. The predicted molar refractivity (Wildman–Crippen MR) is 211 cm³/mol. The third-order valence-corrected chi connectivity index (χ3v) is 11.4. The zero-order chi connectivity index (χ0) is 34.5. The Kier molecular flexibility index (Phi) is 6.27. The molecule has 3 heteroatoms. The number of fused-ring (bicyclic) bond motifs is 7. The maximum absolute atomic E-state index is 7.08. The fourth-order valence-electron chi connectivity index (χ4n) is 8.81. The van der Waals surface area contributed by atoms with Crippen LogP contribution in [0.5, 0.6) is 11.5 Å². The molecule has 7 aromatic carbocycles. The zero-order valence-electron chi connectivity index (χ0n) is 29.3. The lowest BCUT2D eigenvalue weighted by Crippen LogP contribution is -2.32. The van der Waals surface area contributed by atoms with Gasteiger partial charge in [0.25, 0.3) is 0 Å². The van der Waals surface area contributed by atoms with Gasteiger partial charge in [0.2, 0.25) is 0 Å². The molecule has 7 aromatic rings. The van der Waals surface area contributed by atoms with Crippen molar-refractivity contribution in [3.05, 3.63) is 180 Å². The summed E-state index contributed by atoms with van der Waals surface area (Å²) in [5, 5.41) is 0. The summed E-state index contributed by atoms with van der Waals surface area (Å²) in [5.41, 5.74) is 16.5. The minimum absolute atomic E-state index is 0.130. The molecule has 2 heterocycles. The second kappa shape index (κ2) is 10.7. The minimum Gasteiger partial charge on any atom is -0.451 e. The zero-order valence-corrected chi connectivity index (χ0v) is 29.3. The molecule has 0 amide bonds. The van der Waals surface area contributed by atoms with E-state index in [4.69, 9.17) is 4.74 Å². The number of hydrogen-bond donors (Lipinski definition) is 0. The Balaban J connectivity index is 1.22. The highest BCUT2D eigenvalue weighted by atomic mass is 16.5.